The Morgan fingerprint density at radius 2 is 1.20 bits per heavy atom. The summed E-state index contributed by atoms with van der Waals surface area (Å²) in [5.41, 5.74) is 6.72. The average molecular weight is 822 g/mol. The first-order chi connectivity index (χ1) is 28.3. The summed E-state index contributed by atoms with van der Waals surface area (Å²) in [5, 5.41) is 31.8. The summed E-state index contributed by atoms with van der Waals surface area (Å²) in [5.74, 6) is -4.55. The van der Waals surface area contributed by atoms with Crippen molar-refractivity contribution in [3.05, 3.63) is 59.7 Å². The van der Waals surface area contributed by atoms with Gasteiger partial charge in [-0.2, -0.15) is 0 Å². The normalized spacial score (nSPS) is 13.2. The minimum Gasteiger partial charge on any atom is -0.508 e. The van der Waals surface area contributed by atoms with Gasteiger partial charge in [-0.25, -0.2) is 4.79 Å². The van der Waals surface area contributed by atoms with E-state index in [1.54, 1.807) is 12.1 Å². The molecule has 6 N–H and O–H groups in total. The van der Waals surface area contributed by atoms with Gasteiger partial charge in [0.25, 0.3) is 0 Å². The van der Waals surface area contributed by atoms with Crippen LogP contribution in [-0.4, -0.2) is 75.0 Å². The molecule has 0 radical (unpaired) electrons. The van der Waals surface area contributed by atoms with Crippen LogP contribution in [0.1, 0.15) is 159 Å². The predicted molar refractivity (Wildman–Crippen MR) is 230 cm³/mol. The van der Waals surface area contributed by atoms with Crippen molar-refractivity contribution < 1.29 is 44.1 Å². The first-order valence-corrected chi connectivity index (χ1v) is 21.9. The van der Waals surface area contributed by atoms with Gasteiger partial charge in [-0.3, -0.25) is 24.0 Å². The molecular formula is C47H71N3O9. The highest BCUT2D eigenvalue weighted by atomic mass is 16.4. The first kappa shape index (κ1) is 50.6. The monoisotopic (exact) mass is 822 g/mol. The number of aromatic hydroxyl groups is 2. The predicted octanol–water partition coefficient (Wildman–Crippen LogP) is 8.15. The molecule has 12 heteroatoms. The Balaban J connectivity index is 2.01. The Bertz CT molecular complexity index is 1580. The molecular weight excluding hydrogens is 751 g/mol. The van der Waals surface area contributed by atoms with Crippen molar-refractivity contribution in [3.63, 3.8) is 0 Å². The van der Waals surface area contributed by atoms with E-state index in [-0.39, 0.29) is 48.7 Å². The van der Waals surface area contributed by atoms with Gasteiger partial charge in [0.2, 0.25) is 11.8 Å². The van der Waals surface area contributed by atoms with E-state index in [0.717, 1.165) is 19.3 Å². The van der Waals surface area contributed by atoms with Crippen LogP contribution in [0.3, 0.4) is 0 Å². The molecule has 2 aromatic rings. The number of hydrogen-bond donors (Lipinski definition) is 5. The molecule has 59 heavy (non-hydrogen) atoms. The van der Waals surface area contributed by atoms with Gasteiger partial charge in [0.05, 0.1) is 0 Å². The number of benzene rings is 2. The fourth-order valence-corrected chi connectivity index (χ4v) is 7.40. The minimum absolute atomic E-state index is 0.0185. The molecule has 2 rings (SSSR count). The van der Waals surface area contributed by atoms with Crippen molar-refractivity contribution >= 4 is 35.1 Å². The zero-order chi connectivity index (χ0) is 43.6. The zero-order valence-electron chi connectivity index (χ0n) is 35.8. The summed E-state index contributed by atoms with van der Waals surface area (Å²) in [6.07, 6.45) is 15.9. The maximum absolute atomic E-state index is 14.2. The van der Waals surface area contributed by atoms with Crippen LogP contribution in [0.2, 0.25) is 0 Å². The lowest BCUT2D eigenvalue weighted by Crippen LogP contribution is -2.45. The summed E-state index contributed by atoms with van der Waals surface area (Å²) in [7, 11) is 1.48. The van der Waals surface area contributed by atoms with E-state index in [1.807, 2.05) is 0 Å². The number of unbranched alkanes of at least 4 members (excludes halogenated alkanes) is 11. The third-order valence-corrected chi connectivity index (χ3v) is 11.0. The molecule has 0 bridgehead atoms. The lowest BCUT2D eigenvalue weighted by molar-refractivity contribution is -0.144. The lowest BCUT2D eigenvalue weighted by Gasteiger charge is -2.31. The second kappa shape index (κ2) is 28.8. The summed E-state index contributed by atoms with van der Waals surface area (Å²) in [6.45, 7) is 4.14. The van der Waals surface area contributed by atoms with E-state index >= 15 is 0 Å². The Kier molecular flexibility index (Phi) is 24.7. The number of hydrogen-bond acceptors (Lipinski definition) is 9. The number of aliphatic carboxylic acids is 1. The van der Waals surface area contributed by atoms with E-state index in [2.05, 4.69) is 12.2 Å². The van der Waals surface area contributed by atoms with Crippen molar-refractivity contribution in [1.29, 1.82) is 0 Å². The number of phenolic OH excluding ortho intramolecular Hbond substituents is 2. The largest absolute Gasteiger partial charge is 0.508 e. The average Bonchev–Trinajstić information content (AvgIpc) is 3.20. The molecule has 2 amide bonds. The molecule has 12 nitrogen and oxygen atoms in total. The number of carbonyl (C=O) groups excluding carboxylic acids is 5. The number of Topliss-reactive ketones (excluding diaryl/α,β-unsaturated/α-hetero) is 3. The number of nitrogens with one attached hydrogen (secondary N) is 1. The van der Waals surface area contributed by atoms with Crippen LogP contribution in [-0.2, 0) is 35.2 Å². The molecule has 0 fully saturated rings. The van der Waals surface area contributed by atoms with Gasteiger partial charge in [-0.05, 0) is 67.6 Å². The maximum atomic E-state index is 14.2. The Labute approximate surface area is 351 Å². The van der Waals surface area contributed by atoms with Gasteiger partial charge < -0.3 is 31.3 Å². The van der Waals surface area contributed by atoms with Gasteiger partial charge in [0.15, 0.2) is 5.78 Å². The topological polar surface area (TPSA) is 204 Å². The molecule has 0 saturated carbocycles. The fraction of sp³-hybridized carbons (Fsp3) is 0.617. The van der Waals surface area contributed by atoms with Gasteiger partial charge in [0.1, 0.15) is 35.1 Å². The number of carbonyl (C=O) groups is 6. The molecule has 328 valence electrons. The van der Waals surface area contributed by atoms with Crippen molar-refractivity contribution in [2.24, 2.45) is 17.6 Å². The third kappa shape index (κ3) is 20.3. The van der Waals surface area contributed by atoms with Crippen LogP contribution in [0.25, 0.3) is 0 Å². The molecule has 0 unspecified atom stereocenters. The molecule has 0 aromatic heterocycles. The zero-order valence-corrected chi connectivity index (χ0v) is 35.8. The number of amides is 2. The van der Waals surface area contributed by atoms with E-state index in [1.165, 1.54) is 107 Å². The van der Waals surface area contributed by atoms with Crippen LogP contribution in [0.5, 0.6) is 11.5 Å². The van der Waals surface area contributed by atoms with Crippen LogP contribution in [0.15, 0.2) is 48.5 Å². The molecule has 0 aliphatic rings. The molecule has 4 atom stereocenters. The van der Waals surface area contributed by atoms with E-state index in [4.69, 9.17) is 5.73 Å². The van der Waals surface area contributed by atoms with Gasteiger partial charge >= 0.3 is 5.97 Å². The van der Waals surface area contributed by atoms with Crippen LogP contribution < -0.4 is 11.1 Å². The van der Waals surface area contributed by atoms with Crippen LogP contribution >= 0.6 is 0 Å². The lowest BCUT2D eigenvalue weighted by atomic mass is 9.89. The van der Waals surface area contributed by atoms with E-state index in [0.29, 0.717) is 56.2 Å². The first-order valence-electron chi connectivity index (χ1n) is 21.9. The van der Waals surface area contributed by atoms with Gasteiger partial charge in [-0.15, -0.1) is 0 Å². The third-order valence-electron chi connectivity index (χ3n) is 11.0. The summed E-state index contributed by atoms with van der Waals surface area (Å²) >= 11 is 0. The molecule has 0 saturated heterocycles. The van der Waals surface area contributed by atoms with E-state index in [9.17, 15) is 44.1 Å². The molecule has 2 aromatic carbocycles. The van der Waals surface area contributed by atoms with Crippen molar-refractivity contribution in [2.45, 2.75) is 161 Å². The summed E-state index contributed by atoms with van der Waals surface area (Å²) < 4.78 is 0. The second-order valence-electron chi connectivity index (χ2n) is 16.2. The standard InChI is InChI=1S/C47H71N3O9/c1-4-5-6-7-8-9-10-11-12-13-14-19-38(51)20-17-21-41(54)33-37(18-15-16-30-48)46(57)50(3)44(36-24-28-40(53)29-25-36)43(55)31-34(2)45(56)49-42(47(58)59)32-35-22-26-39(52)27-23-35/h22-29,34,37,42,44,52-53H,4-21,30-33,48H2,1-3H3,(H,49,56)(H,58,59)/t34-,37-,42+,44+/m1/s1. The van der Waals surface area contributed by atoms with E-state index < -0.39 is 47.5 Å². The summed E-state index contributed by atoms with van der Waals surface area (Å²) in [4.78, 5) is 80.6. The SMILES string of the molecule is CCCCCCCCCCCCCC(=O)CCCC(=O)C[C@@H](CCCCN)C(=O)N(C)[C@H](C(=O)C[C@@H](C)C(=O)N[C@@H](Cc1ccc(O)cc1)C(=O)O)c1ccc(O)cc1. The fourth-order valence-electron chi connectivity index (χ4n) is 7.40. The molecule has 0 aliphatic heterocycles. The second-order valence-corrected chi connectivity index (χ2v) is 16.2. The molecule has 0 aliphatic carbocycles. The number of likely N-dealkylation sites (N-methyl/N-ethyl adjacent to an activating group) is 1. The van der Waals surface area contributed by atoms with Crippen LogP contribution in [0, 0.1) is 11.8 Å². The number of carboxylic acids is 1. The maximum Gasteiger partial charge on any atom is 0.326 e. The van der Waals surface area contributed by atoms with Crippen molar-refractivity contribution in [2.75, 3.05) is 13.6 Å². The number of carboxylic acid groups (broad SMARTS) is 1. The van der Waals surface area contributed by atoms with Gasteiger partial charge in [-0.1, -0.05) is 109 Å². The van der Waals surface area contributed by atoms with Gasteiger partial charge in [0, 0.05) is 57.4 Å². The Hall–Kier alpha value is -4.58. The van der Waals surface area contributed by atoms with Crippen molar-refractivity contribution in [3.8, 4) is 11.5 Å². The minimum atomic E-state index is -1.29. The highest BCUT2D eigenvalue weighted by Gasteiger charge is 2.35. The quantitative estimate of drug-likeness (QED) is 0.0437. The number of nitrogens with two attached hydrogens (primary N) is 1. The molecule has 0 spiro atoms. The van der Waals surface area contributed by atoms with Crippen LogP contribution in [0.4, 0.5) is 0 Å². The highest BCUT2D eigenvalue weighted by Crippen LogP contribution is 2.29. The van der Waals surface area contributed by atoms with Crippen molar-refractivity contribution in [1.82, 2.24) is 10.2 Å². The number of nitrogens with zero attached hydrogens (tertiary/aromatic N) is 1. The smallest absolute Gasteiger partial charge is 0.326 e. The highest BCUT2D eigenvalue weighted by molar-refractivity contribution is 5.95. The Morgan fingerprint density at radius 1 is 0.678 bits per heavy atom. The number of rotatable bonds is 33. The Morgan fingerprint density at radius 3 is 1.76 bits per heavy atom. The number of ketones is 3. The molecule has 0 heterocycles. The number of phenols is 2. The summed E-state index contributed by atoms with van der Waals surface area (Å²) in [6, 6.07) is 9.32.